The topological polar surface area (TPSA) is 82.0 Å². The van der Waals surface area contributed by atoms with Crippen molar-refractivity contribution in [2.75, 3.05) is 6.61 Å². The van der Waals surface area contributed by atoms with E-state index in [1.807, 2.05) is 69.4 Å². The summed E-state index contributed by atoms with van der Waals surface area (Å²) in [5.74, 6) is 0.827. The van der Waals surface area contributed by atoms with Gasteiger partial charge in [0.2, 0.25) is 0 Å². The second-order valence-electron chi connectivity index (χ2n) is 7.85. The van der Waals surface area contributed by atoms with Gasteiger partial charge in [-0.25, -0.2) is 4.99 Å². The van der Waals surface area contributed by atoms with Gasteiger partial charge in [0.05, 0.1) is 6.10 Å². The molecule has 0 saturated carbocycles. The first-order valence-corrected chi connectivity index (χ1v) is 10.4. The Morgan fingerprint density at radius 1 is 1.09 bits per heavy atom. The smallest absolute Gasteiger partial charge is 0.320 e. The van der Waals surface area contributed by atoms with Gasteiger partial charge in [-0.1, -0.05) is 30.3 Å². The summed E-state index contributed by atoms with van der Waals surface area (Å²) in [5, 5.41) is 0. The number of ether oxygens (including phenoxy) is 2. The highest BCUT2D eigenvalue weighted by molar-refractivity contribution is 5.77. The molecule has 0 radical (unpaired) electrons. The molecule has 3 aromatic rings. The highest BCUT2D eigenvalue weighted by atomic mass is 16.7. The van der Waals surface area contributed by atoms with Gasteiger partial charge in [0.25, 0.3) is 0 Å². The molecule has 2 heterocycles. The molecule has 1 aromatic heterocycles. The average Bonchev–Trinajstić information content (AvgIpc) is 3.25. The van der Waals surface area contributed by atoms with Crippen LogP contribution in [0.3, 0.4) is 0 Å². The lowest BCUT2D eigenvalue weighted by atomic mass is 9.82. The van der Waals surface area contributed by atoms with Gasteiger partial charge in [-0.3, -0.25) is 9.78 Å². The summed E-state index contributed by atoms with van der Waals surface area (Å²) in [4.78, 5) is 24.3. The lowest BCUT2D eigenvalue weighted by Crippen LogP contribution is -2.27. The Morgan fingerprint density at radius 2 is 1.91 bits per heavy atom. The Bertz CT molecular complexity index is 1130. The fraction of sp³-hybridized carbons (Fsp3) is 0.240. The number of hydrogen-bond acceptors (Lipinski definition) is 7. The maximum absolute atomic E-state index is 10.6. The van der Waals surface area contributed by atoms with Crippen LogP contribution < -0.4 is 10.2 Å². The van der Waals surface area contributed by atoms with E-state index in [-0.39, 0.29) is 25.2 Å². The van der Waals surface area contributed by atoms with E-state index in [1.54, 1.807) is 6.20 Å². The fourth-order valence-corrected chi connectivity index (χ4v) is 3.78. The summed E-state index contributed by atoms with van der Waals surface area (Å²) >= 11 is 0. The Morgan fingerprint density at radius 3 is 2.62 bits per heavy atom. The molecule has 1 unspecified atom stereocenters. The van der Waals surface area contributed by atoms with Crippen molar-refractivity contribution in [1.82, 2.24) is 10.5 Å². The highest BCUT2D eigenvalue weighted by Crippen LogP contribution is 2.40. The van der Waals surface area contributed by atoms with E-state index in [0.29, 0.717) is 0 Å². The van der Waals surface area contributed by atoms with Gasteiger partial charge in [0.15, 0.2) is 5.54 Å². The second-order valence-corrected chi connectivity index (χ2v) is 7.85. The van der Waals surface area contributed by atoms with Crippen molar-refractivity contribution in [1.29, 1.82) is 0 Å². The zero-order chi connectivity index (χ0) is 22.6. The summed E-state index contributed by atoms with van der Waals surface area (Å²) in [6.45, 7) is 6.54. The van der Waals surface area contributed by atoms with Gasteiger partial charge in [-0.15, -0.1) is 0 Å². The van der Waals surface area contributed by atoms with E-state index in [9.17, 15) is 4.79 Å². The minimum atomic E-state index is -0.825. The molecular weight excluding hydrogens is 406 g/mol. The van der Waals surface area contributed by atoms with Crippen molar-refractivity contribution in [2.24, 2.45) is 4.99 Å². The van der Waals surface area contributed by atoms with Crippen molar-refractivity contribution in [3.63, 3.8) is 0 Å². The number of benzene rings is 2. The first-order valence-electron chi connectivity index (χ1n) is 10.4. The van der Waals surface area contributed by atoms with Crippen LogP contribution in [0.2, 0.25) is 0 Å². The third kappa shape index (κ3) is 4.27. The zero-order valence-corrected chi connectivity index (χ0v) is 18.2. The fourth-order valence-electron chi connectivity index (χ4n) is 3.78. The van der Waals surface area contributed by atoms with E-state index in [0.717, 1.165) is 33.6 Å². The molecule has 1 aliphatic rings. The van der Waals surface area contributed by atoms with Crippen LogP contribution in [-0.4, -0.2) is 30.2 Å². The van der Waals surface area contributed by atoms with Crippen LogP contribution in [0.15, 0.2) is 72.0 Å². The summed E-state index contributed by atoms with van der Waals surface area (Å²) in [6, 6.07) is 18.2. The molecule has 4 rings (SSSR count). The largest absolute Gasteiger partial charge is 0.491 e. The SMILES string of the molecule is Cc1cc(C2(c3cccc(-c4cccnc4)c3)COC(NOC=O)=N2)ccc1OC(C)C. The maximum Gasteiger partial charge on any atom is 0.320 e. The molecule has 2 aromatic carbocycles. The minimum Gasteiger partial charge on any atom is -0.491 e. The summed E-state index contributed by atoms with van der Waals surface area (Å²) in [6.07, 6.45) is 3.65. The van der Waals surface area contributed by atoms with Gasteiger partial charge in [-0.05, 0) is 72.9 Å². The molecule has 1 atom stereocenters. The number of carbonyl (C=O) groups is 1. The van der Waals surface area contributed by atoms with Gasteiger partial charge in [-0.2, -0.15) is 5.48 Å². The van der Waals surface area contributed by atoms with Crippen LogP contribution in [0.5, 0.6) is 5.75 Å². The number of aromatic nitrogens is 1. The van der Waals surface area contributed by atoms with Crippen LogP contribution in [-0.2, 0) is 19.9 Å². The lowest BCUT2D eigenvalue weighted by molar-refractivity contribution is -0.132. The normalized spacial score (nSPS) is 17.4. The number of carbonyl (C=O) groups excluding carboxylic acids is 1. The standard InChI is InChI=1S/C25H25N3O4/c1-17(2)32-23-10-9-22(12-18(23)3)25(15-30-24(27-25)28-31-16-29)21-8-4-6-19(13-21)20-7-5-11-26-14-20/h4-14,16-17H,15H2,1-3H3,(H,27,28). The minimum absolute atomic E-state index is 0.0776. The van der Waals surface area contributed by atoms with Gasteiger partial charge in [0.1, 0.15) is 12.4 Å². The van der Waals surface area contributed by atoms with Crippen LogP contribution >= 0.6 is 0 Å². The lowest BCUT2D eigenvalue weighted by Gasteiger charge is -2.27. The second kappa shape index (κ2) is 9.09. The monoisotopic (exact) mass is 431 g/mol. The predicted molar refractivity (Wildman–Crippen MR) is 121 cm³/mol. The van der Waals surface area contributed by atoms with E-state index < -0.39 is 5.54 Å². The first kappa shape index (κ1) is 21.4. The van der Waals surface area contributed by atoms with Crippen LogP contribution in [0, 0.1) is 6.92 Å². The molecule has 0 amide bonds. The van der Waals surface area contributed by atoms with E-state index >= 15 is 0 Å². The number of hydrogen-bond donors (Lipinski definition) is 1. The van der Waals surface area contributed by atoms with E-state index in [2.05, 4.69) is 27.4 Å². The molecular formula is C25H25N3O4. The number of nitrogens with one attached hydrogen (secondary N) is 1. The van der Waals surface area contributed by atoms with Crippen LogP contribution in [0.1, 0.15) is 30.5 Å². The summed E-state index contributed by atoms with van der Waals surface area (Å²) in [7, 11) is 0. The number of nitrogens with zero attached hydrogens (tertiary/aromatic N) is 2. The molecule has 32 heavy (non-hydrogen) atoms. The quantitative estimate of drug-likeness (QED) is 0.447. The number of pyridine rings is 1. The molecule has 7 nitrogen and oxygen atoms in total. The number of aryl methyl sites for hydroxylation is 1. The molecule has 7 heteroatoms. The van der Waals surface area contributed by atoms with Gasteiger partial charge in [0, 0.05) is 12.4 Å². The highest BCUT2D eigenvalue weighted by Gasteiger charge is 2.41. The molecule has 0 fully saturated rings. The number of aliphatic imine (C=N–C) groups is 1. The third-order valence-electron chi connectivity index (χ3n) is 5.25. The predicted octanol–water partition coefficient (Wildman–Crippen LogP) is 4.15. The molecule has 0 spiro atoms. The Kier molecular flexibility index (Phi) is 6.07. The maximum atomic E-state index is 10.6. The van der Waals surface area contributed by atoms with Crippen LogP contribution in [0.25, 0.3) is 11.1 Å². The van der Waals surface area contributed by atoms with Crippen LogP contribution in [0.4, 0.5) is 0 Å². The molecule has 0 bridgehead atoms. The molecule has 0 aliphatic carbocycles. The van der Waals surface area contributed by atoms with Crippen molar-refractivity contribution >= 4 is 12.5 Å². The van der Waals surface area contributed by atoms with Crippen molar-refractivity contribution in [2.45, 2.75) is 32.4 Å². The zero-order valence-electron chi connectivity index (χ0n) is 18.2. The molecule has 1 N–H and O–H groups in total. The molecule has 1 aliphatic heterocycles. The number of amidine groups is 1. The van der Waals surface area contributed by atoms with Gasteiger partial charge >= 0.3 is 12.5 Å². The Balaban J connectivity index is 1.81. The number of rotatable bonds is 7. The molecule has 0 saturated heterocycles. The van der Waals surface area contributed by atoms with Crippen molar-refractivity contribution in [3.05, 3.63) is 83.7 Å². The van der Waals surface area contributed by atoms with E-state index in [4.69, 9.17) is 14.5 Å². The molecule has 164 valence electrons. The Hall–Kier alpha value is -3.87. The van der Waals surface area contributed by atoms with Crippen molar-refractivity contribution in [3.8, 4) is 16.9 Å². The Labute approximate surface area is 187 Å². The summed E-state index contributed by atoms with van der Waals surface area (Å²) < 4.78 is 11.7. The summed E-state index contributed by atoms with van der Waals surface area (Å²) in [5.41, 5.74) is 6.54. The average molecular weight is 431 g/mol. The van der Waals surface area contributed by atoms with Crippen molar-refractivity contribution < 1.29 is 19.1 Å². The van der Waals surface area contributed by atoms with E-state index in [1.165, 1.54) is 0 Å². The third-order valence-corrected chi connectivity index (χ3v) is 5.25. The van der Waals surface area contributed by atoms with Gasteiger partial charge < -0.3 is 14.3 Å². The first-order chi connectivity index (χ1) is 15.5. The number of hydroxylamine groups is 1.